The number of nitrogens with zero attached hydrogens (tertiary/aromatic N) is 1. The smallest absolute Gasteiger partial charge is 0.461 e. The van der Waals surface area contributed by atoms with Gasteiger partial charge in [0.1, 0.15) is 18.1 Å². The Bertz CT molecular complexity index is 1370. The molecule has 2 atom stereocenters. The molecule has 6 nitrogen and oxygen atoms in total. The standard InChI is InChI=1S/C30H25F4NO5/c31-29(32)30(33,34)40-24-10-6-9-21(17-24)18-25(28(37)38-19-20-7-2-1-3-8-20)27(36)22-12-14-23(15-13-22)39-26-11-4-5-16-35-26/h1-17,25,27,29,36H,18-19H2. The second-order valence-corrected chi connectivity index (χ2v) is 8.80. The van der Waals surface area contributed by atoms with Crippen LogP contribution in [0.3, 0.4) is 0 Å². The van der Waals surface area contributed by atoms with Gasteiger partial charge >= 0.3 is 18.5 Å². The van der Waals surface area contributed by atoms with Crippen LogP contribution in [-0.2, 0) is 22.6 Å². The SMILES string of the molecule is O=C(OCc1ccccc1)C(Cc1cccc(OC(F)(F)C(F)F)c1)C(O)c1ccc(Oc2ccccn2)cc1. The van der Waals surface area contributed by atoms with E-state index in [1.165, 1.54) is 12.1 Å². The lowest BCUT2D eigenvalue weighted by Crippen LogP contribution is -2.33. The van der Waals surface area contributed by atoms with E-state index in [9.17, 15) is 27.5 Å². The minimum atomic E-state index is -4.69. The first-order valence-electron chi connectivity index (χ1n) is 12.2. The van der Waals surface area contributed by atoms with E-state index in [1.807, 2.05) is 6.07 Å². The predicted octanol–water partition coefficient (Wildman–Crippen LogP) is 6.75. The molecule has 0 saturated carbocycles. The number of carbonyl (C=O) groups is 1. The largest absolute Gasteiger partial charge is 0.461 e. The molecular formula is C30H25F4NO5. The second kappa shape index (κ2) is 13.1. The van der Waals surface area contributed by atoms with Crippen molar-refractivity contribution in [1.82, 2.24) is 4.98 Å². The minimum Gasteiger partial charge on any atom is -0.461 e. The zero-order valence-electron chi connectivity index (χ0n) is 21.0. The normalized spacial score (nSPS) is 12.9. The maximum absolute atomic E-state index is 13.4. The number of carbonyl (C=O) groups excluding carboxylic acids is 1. The van der Waals surface area contributed by atoms with Gasteiger partial charge < -0.3 is 19.3 Å². The molecule has 0 fully saturated rings. The van der Waals surface area contributed by atoms with Crippen LogP contribution in [0.4, 0.5) is 17.6 Å². The lowest BCUT2D eigenvalue weighted by molar-refractivity contribution is -0.253. The topological polar surface area (TPSA) is 77.9 Å². The van der Waals surface area contributed by atoms with Gasteiger partial charge in [0.15, 0.2) is 0 Å². The van der Waals surface area contributed by atoms with Crippen molar-refractivity contribution >= 4 is 5.97 Å². The molecule has 2 unspecified atom stereocenters. The summed E-state index contributed by atoms with van der Waals surface area (Å²) >= 11 is 0. The summed E-state index contributed by atoms with van der Waals surface area (Å²) in [5.74, 6) is -1.60. The predicted molar refractivity (Wildman–Crippen MR) is 137 cm³/mol. The van der Waals surface area contributed by atoms with Gasteiger partial charge in [-0.3, -0.25) is 4.79 Å². The van der Waals surface area contributed by atoms with Crippen LogP contribution >= 0.6 is 0 Å². The van der Waals surface area contributed by atoms with Crippen molar-refractivity contribution in [2.24, 2.45) is 5.92 Å². The molecule has 4 rings (SSSR count). The molecule has 0 saturated heterocycles. The number of ether oxygens (including phenoxy) is 3. The monoisotopic (exact) mass is 555 g/mol. The van der Waals surface area contributed by atoms with Gasteiger partial charge in [-0.2, -0.15) is 17.6 Å². The van der Waals surface area contributed by atoms with Gasteiger partial charge in [0, 0.05) is 12.3 Å². The van der Waals surface area contributed by atoms with E-state index in [2.05, 4.69) is 9.72 Å². The molecule has 0 aliphatic rings. The number of benzene rings is 3. The van der Waals surface area contributed by atoms with Gasteiger partial charge in [0.25, 0.3) is 0 Å². The highest BCUT2D eigenvalue weighted by molar-refractivity contribution is 5.74. The van der Waals surface area contributed by atoms with E-state index in [0.717, 1.165) is 17.7 Å². The molecule has 10 heteroatoms. The van der Waals surface area contributed by atoms with Gasteiger partial charge in [0.05, 0.1) is 12.0 Å². The second-order valence-electron chi connectivity index (χ2n) is 8.80. The summed E-state index contributed by atoms with van der Waals surface area (Å²) in [4.78, 5) is 17.3. The fourth-order valence-corrected chi connectivity index (χ4v) is 3.84. The molecule has 40 heavy (non-hydrogen) atoms. The van der Waals surface area contributed by atoms with Crippen molar-refractivity contribution in [2.45, 2.75) is 31.7 Å². The van der Waals surface area contributed by atoms with Crippen molar-refractivity contribution in [1.29, 1.82) is 0 Å². The van der Waals surface area contributed by atoms with Gasteiger partial charge in [-0.15, -0.1) is 0 Å². The lowest BCUT2D eigenvalue weighted by Gasteiger charge is -2.23. The molecule has 0 aliphatic heterocycles. The summed E-state index contributed by atoms with van der Waals surface area (Å²) in [6.45, 7) is -0.0521. The Balaban J connectivity index is 1.54. The molecule has 0 bridgehead atoms. The van der Waals surface area contributed by atoms with Crippen LogP contribution in [0.15, 0.2) is 103 Å². The number of pyridine rings is 1. The van der Waals surface area contributed by atoms with Crippen LogP contribution in [0.1, 0.15) is 22.8 Å². The number of esters is 1. The Labute approximate surface area is 227 Å². The maximum Gasteiger partial charge on any atom is 0.461 e. The van der Waals surface area contributed by atoms with Gasteiger partial charge in [-0.05, 0) is 53.4 Å². The lowest BCUT2D eigenvalue weighted by atomic mass is 9.89. The quantitative estimate of drug-likeness (QED) is 0.154. The minimum absolute atomic E-state index is 0.0521. The molecule has 0 aliphatic carbocycles. The first-order chi connectivity index (χ1) is 19.2. The third-order valence-electron chi connectivity index (χ3n) is 5.85. The molecule has 1 aromatic heterocycles. The van der Waals surface area contributed by atoms with Crippen molar-refractivity contribution in [3.05, 3.63) is 120 Å². The first-order valence-corrected chi connectivity index (χ1v) is 12.2. The molecule has 1 heterocycles. The Kier molecular flexibility index (Phi) is 9.34. The Morgan fingerprint density at radius 3 is 2.23 bits per heavy atom. The number of aliphatic hydroxyl groups is 1. The number of hydrogen-bond donors (Lipinski definition) is 1. The number of aromatic nitrogens is 1. The van der Waals surface area contributed by atoms with E-state index in [-0.39, 0.29) is 13.0 Å². The Morgan fingerprint density at radius 1 is 0.850 bits per heavy atom. The Hall–Kier alpha value is -4.44. The van der Waals surface area contributed by atoms with Crippen LogP contribution in [-0.4, -0.2) is 28.6 Å². The van der Waals surface area contributed by atoms with Gasteiger partial charge in [0.2, 0.25) is 5.88 Å². The van der Waals surface area contributed by atoms with Crippen molar-refractivity contribution in [2.75, 3.05) is 0 Å². The number of alkyl halides is 4. The van der Waals surface area contributed by atoms with E-state index in [1.54, 1.807) is 72.9 Å². The van der Waals surface area contributed by atoms with Crippen molar-refractivity contribution < 1.29 is 41.7 Å². The van der Waals surface area contributed by atoms with Crippen LogP contribution in [0.25, 0.3) is 0 Å². The van der Waals surface area contributed by atoms with E-state index in [4.69, 9.17) is 9.47 Å². The summed E-state index contributed by atoms with van der Waals surface area (Å²) < 4.78 is 67.4. The zero-order chi connectivity index (χ0) is 28.5. The summed E-state index contributed by atoms with van der Waals surface area (Å²) in [5, 5.41) is 11.2. The maximum atomic E-state index is 13.4. The fourth-order valence-electron chi connectivity index (χ4n) is 3.84. The molecular weight excluding hydrogens is 530 g/mol. The average molecular weight is 556 g/mol. The highest BCUT2D eigenvalue weighted by atomic mass is 19.3. The summed E-state index contributed by atoms with van der Waals surface area (Å²) in [7, 11) is 0. The summed E-state index contributed by atoms with van der Waals surface area (Å²) in [5.41, 5.74) is 1.38. The van der Waals surface area contributed by atoms with Crippen molar-refractivity contribution in [3.63, 3.8) is 0 Å². The third kappa shape index (κ3) is 7.79. The van der Waals surface area contributed by atoms with Crippen LogP contribution < -0.4 is 9.47 Å². The van der Waals surface area contributed by atoms with E-state index >= 15 is 0 Å². The van der Waals surface area contributed by atoms with Crippen molar-refractivity contribution in [3.8, 4) is 17.4 Å². The molecule has 0 spiro atoms. The molecule has 0 amide bonds. The Morgan fingerprint density at radius 2 is 1.55 bits per heavy atom. The molecule has 0 radical (unpaired) electrons. The van der Waals surface area contributed by atoms with Crippen LogP contribution in [0.5, 0.6) is 17.4 Å². The molecule has 3 aromatic carbocycles. The molecule has 1 N–H and O–H groups in total. The fraction of sp³-hybridized carbons (Fsp3) is 0.200. The number of aliphatic hydroxyl groups excluding tert-OH is 1. The third-order valence-corrected chi connectivity index (χ3v) is 5.85. The highest BCUT2D eigenvalue weighted by Crippen LogP contribution is 2.32. The van der Waals surface area contributed by atoms with Gasteiger partial charge in [-0.1, -0.05) is 60.7 Å². The van der Waals surface area contributed by atoms with Gasteiger partial charge in [-0.25, -0.2) is 4.98 Å². The average Bonchev–Trinajstić information content (AvgIpc) is 2.96. The highest BCUT2D eigenvalue weighted by Gasteiger charge is 2.44. The summed E-state index contributed by atoms with van der Waals surface area (Å²) in [6, 6.07) is 25.5. The molecule has 4 aromatic rings. The van der Waals surface area contributed by atoms with Crippen LogP contribution in [0.2, 0.25) is 0 Å². The number of halogens is 4. The van der Waals surface area contributed by atoms with E-state index < -0.39 is 36.3 Å². The van der Waals surface area contributed by atoms with E-state index in [0.29, 0.717) is 22.8 Å². The zero-order valence-corrected chi connectivity index (χ0v) is 21.0. The number of hydrogen-bond acceptors (Lipinski definition) is 6. The number of rotatable bonds is 12. The molecule has 208 valence electrons. The van der Waals surface area contributed by atoms with Crippen LogP contribution in [0, 0.1) is 5.92 Å². The summed E-state index contributed by atoms with van der Waals surface area (Å²) in [6.07, 6.45) is -8.65. The first kappa shape index (κ1) is 28.6.